The van der Waals surface area contributed by atoms with Crippen LogP contribution in [0.5, 0.6) is 5.75 Å². The van der Waals surface area contributed by atoms with E-state index < -0.39 is 8.45 Å². The molecule has 17 heavy (non-hydrogen) atoms. The fraction of sp³-hybridized carbons (Fsp3) is 0.250. The minimum absolute atomic E-state index is 0.0132. The molecule has 0 aliphatic carbocycles. The second-order valence-corrected chi connectivity index (χ2v) is 7.30. The third kappa shape index (κ3) is 4.36. The van der Waals surface area contributed by atoms with Crippen LogP contribution in [0.3, 0.4) is 0 Å². The van der Waals surface area contributed by atoms with Crippen LogP contribution in [0.15, 0.2) is 30.3 Å². The Morgan fingerprint density at radius 2 is 2.18 bits per heavy atom. The zero-order valence-electron chi connectivity index (χ0n) is 8.96. The lowest BCUT2D eigenvalue weighted by molar-refractivity contribution is 0.114. The molecule has 1 fully saturated rings. The Morgan fingerprint density at radius 1 is 1.35 bits per heavy atom. The van der Waals surface area contributed by atoms with Crippen LogP contribution in [0.4, 0.5) is 0 Å². The summed E-state index contributed by atoms with van der Waals surface area (Å²) in [5, 5.41) is 8.76. The highest BCUT2D eigenvalue weighted by atomic mass is 31.2. The van der Waals surface area contributed by atoms with Gasteiger partial charge in [0.05, 0.1) is 22.1 Å². The van der Waals surface area contributed by atoms with Crippen molar-refractivity contribution in [1.82, 2.24) is 14.3 Å². The lowest BCUT2D eigenvalue weighted by Crippen LogP contribution is -2.26. The number of rotatable bonds is 5. The molecule has 3 atom stereocenters. The molecule has 0 radical (unpaired) electrons. The minimum Gasteiger partial charge on any atom is -0.394 e. The molecule has 9 heteroatoms. The number of nitrogens with zero attached hydrogens (tertiary/aromatic N) is 1. The lowest BCUT2D eigenvalue weighted by atomic mass is 10.3. The minimum atomic E-state index is -1.00. The van der Waals surface area contributed by atoms with E-state index in [2.05, 4.69) is 9.72 Å². The highest BCUT2D eigenvalue weighted by Crippen LogP contribution is 2.51. The number of aliphatic hydroxyl groups is 1. The second kappa shape index (κ2) is 7.52. The van der Waals surface area contributed by atoms with Gasteiger partial charge in [0.25, 0.3) is 0 Å². The van der Waals surface area contributed by atoms with Crippen molar-refractivity contribution in [2.75, 3.05) is 13.2 Å². The Balaban J connectivity index is 1.92. The number of hydrogen-bond acceptors (Lipinski definition) is 6. The van der Waals surface area contributed by atoms with Gasteiger partial charge >= 0.3 is 0 Å². The van der Waals surface area contributed by atoms with E-state index in [0.29, 0.717) is 24.4 Å². The standard InChI is InChI=1S/C8H14N3O3P3/c12-6-7-13-17-10-15-9-16-11(17)14-8-4-2-1-3-5-8/h1-5,9-10,12,15-16H,6-7H2. The molecule has 0 bridgehead atoms. The van der Waals surface area contributed by atoms with E-state index >= 15 is 0 Å². The molecule has 2 rings (SSSR count). The monoisotopic (exact) mass is 293 g/mol. The highest BCUT2D eigenvalue weighted by molar-refractivity contribution is 7.70. The molecule has 1 aromatic carbocycles. The van der Waals surface area contributed by atoms with Gasteiger partial charge in [-0.3, -0.25) is 4.86 Å². The van der Waals surface area contributed by atoms with Gasteiger partial charge < -0.3 is 14.5 Å². The van der Waals surface area contributed by atoms with Crippen LogP contribution in [0.2, 0.25) is 0 Å². The fourth-order valence-electron chi connectivity index (χ4n) is 1.10. The van der Waals surface area contributed by atoms with Crippen LogP contribution in [0.25, 0.3) is 0 Å². The summed E-state index contributed by atoms with van der Waals surface area (Å²) in [6.07, 6.45) is 0. The van der Waals surface area contributed by atoms with Gasteiger partial charge in [-0.1, -0.05) is 18.2 Å². The summed E-state index contributed by atoms with van der Waals surface area (Å²) < 4.78 is 7.24. The molecular formula is C8H14N3O3P3. The molecular weight excluding hydrogens is 279 g/mol. The van der Waals surface area contributed by atoms with E-state index in [1.54, 1.807) is 4.60 Å². The van der Waals surface area contributed by atoms with Crippen LogP contribution in [-0.2, 0) is 4.52 Å². The summed E-state index contributed by atoms with van der Waals surface area (Å²) in [6.45, 7) is 0.321. The van der Waals surface area contributed by atoms with E-state index in [4.69, 9.17) is 14.5 Å². The van der Waals surface area contributed by atoms with Crippen LogP contribution < -0.4 is 14.6 Å². The van der Waals surface area contributed by atoms with Gasteiger partial charge in [-0.25, -0.2) is 4.86 Å². The Labute approximate surface area is 105 Å². The first-order chi connectivity index (χ1) is 8.40. The average molecular weight is 293 g/mol. The topological polar surface area (TPSA) is 66.0 Å². The summed E-state index contributed by atoms with van der Waals surface area (Å²) in [4.78, 5) is 12.1. The highest BCUT2D eigenvalue weighted by Gasteiger charge is 2.25. The van der Waals surface area contributed by atoms with E-state index in [1.807, 2.05) is 30.3 Å². The molecule has 3 N–H and O–H groups in total. The Morgan fingerprint density at radius 3 is 2.94 bits per heavy atom. The van der Waals surface area contributed by atoms with E-state index in [0.717, 1.165) is 5.75 Å². The van der Waals surface area contributed by atoms with Gasteiger partial charge in [0, 0.05) is 8.88 Å². The SMILES string of the molecule is OCCOP1NPNPN1Oc1ccccc1. The number of hydrogen-bond donors (Lipinski definition) is 3. The molecule has 0 spiro atoms. The van der Waals surface area contributed by atoms with Gasteiger partial charge in [-0.05, 0) is 16.7 Å². The largest absolute Gasteiger partial charge is 0.394 e. The molecule has 1 aliphatic heterocycles. The Bertz CT molecular complexity index is 332. The molecule has 1 heterocycles. The first-order valence-corrected chi connectivity index (χ1v) is 8.14. The van der Waals surface area contributed by atoms with Crippen molar-refractivity contribution in [2.24, 2.45) is 0 Å². The molecule has 6 nitrogen and oxygen atoms in total. The summed E-state index contributed by atoms with van der Waals surface area (Å²) in [6, 6.07) is 9.56. The average Bonchev–Trinajstić information content (AvgIpc) is 2.39. The maximum Gasteiger partial charge on any atom is 0.230 e. The number of nitrogens with one attached hydrogen (secondary N) is 2. The molecule has 94 valence electrons. The van der Waals surface area contributed by atoms with Gasteiger partial charge in [-0.15, -0.1) is 0 Å². The predicted molar refractivity (Wildman–Crippen MR) is 71.8 cm³/mol. The molecule has 1 aromatic rings. The maximum atomic E-state index is 8.76. The van der Waals surface area contributed by atoms with Crippen LogP contribution in [0.1, 0.15) is 0 Å². The van der Waals surface area contributed by atoms with Crippen molar-refractivity contribution in [3.63, 3.8) is 0 Å². The van der Waals surface area contributed by atoms with Gasteiger partial charge in [0.1, 0.15) is 5.75 Å². The van der Waals surface area contributed by atoms with Crippen LogP contribution >= 0.6 is 26.2 Å². The van der Waals surface area contributed by atoms with Gasteiger partial charge in [-0.2, -0.15) is 0 Å². The lowest BCUT2D eigenvalue weighted by Gasteiger charge is -2.33. The smallest absolute Gasteiger partial charge is 0.230 e. The third-order valence-electron chi connectivity index (χ3n) is 1.77. The number of benzene rings is 1. The molecule has 0 saturated carbocycles. The van der Waals surface area contributed by atoms with E-state index in [1.165, 1.54) is 0 Å². The molecule has 0 aromatic heterocycles. The Kier molecular flexibility index (Phi) is 5.99. The second-order valence-electron chi connectivity index (χ2n) is 2.98. The quantitative estimate of drug-likeness (QED) is 0.719. The maximum absolute atomic E-state index is 8.76. The summed E-state index contributed by atoms with van der Waals surface area (Å²) in [5.74, 6) is 0.772. The van der Waals surface area contributed by atoms with E-state index in [9.17, 15) is 0 Å². The van der Waals surface area contributed by atoms with Crippen LogP contribution in [-0.4, -0.2) is 22.9 Å². The predicted octanol–water partition coefficient (Wildman–Crippen LogP) is 1.73. The first-order valence-electron chi connectivity index (χ1n) is 4.98. The molecule has 1 aliphatic rings. The van der Waals surface area contributed by atoms with Crippen molar-refractivity contribution in [3.05, 3.63) is 30.3 Å². The first kappa shape index (κ1) is 13.5. The zero-order valence-corrected chi connectivity index (χ0v) is 11.9. The van der Waals surface area contributed by atoms with Gasteiger partial charge in [0.15, 0.2) is 0 Å². The third-order valence-corrected chi connectivity index (χ3v) is 5.90. The Hall–Kier alpha value is 0.110. The van der Waals surface area contributed by atoms with Crippen LogP contribution in [0, 0.1) is 0 Å². The molecule has 3 unspecified atom stereocenters. The van der Waals surface area contributed by atoms with Crippen molar-refractivity contribution in [1.29, 1.82) is 0 Å². The number of para-hydroxylation sites is 1. The van der Waals surface area contributed by atoms with Crippen molar-refractivity contribution in [2.45, 2.75) is 0 Å². The number of aliphatic hydroxyl groups excluding tert-OH is 1. The van der Waals surface area contributed by atoms with Crippen molar-refractivity contribution >= 4 is 26.2 Å². The molecule has 0 amide bonds. The van der Waals surface area contributed by atoms with Gasteiger partial charge in [0.2, 0.25) is 8.45 Å². The summed E-state index contributed by atoms with van der Waals surface area (Å²) >= 11 is 0. The van der Waals surface area contributed by atoms with Crippen molar-refractivity contribution in [3.8, 4) is 5.75 Å². The normalized spacial score (nSPS) is 24.2. The molecule has 1 saturated heterocycles. The summed E-state index contributed by atoms with van der Waals surface area (Å²) in [5.41, 5.74) is 0. The van der Waals surface area contributed by atoms with E-state index in [-0.39, 0.29) is 6.61 Å². The van der Waals surface area contributed by atoms with Crippen molar-refractivity contribution < 1.29 is 14.5 Å². The zero-order chi connectivity index (χ0) is 11.9. The fourth-order valence-corrected chi connectivity index (χ4v) is 5.55. The summed E-state index contributed by atoms with van der Waals surface area (Å²) in [7, 11) is -0.206.